The molecule has 0 aliphatic heterocycles. The highest BCUT2D eigenvalue weighted by Crippen LogP contribution is 2.24. The number of guanidine groups is 1. The van der Waals surface area contributed by atoms with Crippen LogP contribution in [-0.2, 0) is 18.3 Å². The van der Waals surface area contributed by atoms with Gasteiger partial charge in [-0.05, 0) is 44.7 Å². The molecule has 0 aliphatic rings. The Morgan fingerprint density at radius 2 is 1.81 bits per heavy atom. The summed E-state index contributed by atoms with van der Waals surface area (Å²) in [5, 5.41) is 10.8. The largest absolute Gasteiger partial charge is 0.361 e. The Kier molecular flexibility index (Phi) is 7.45. The van der Waals surface area contributed by atoms with Crippen molar-refractivity contribution < 1.29 is 4.52 Å². The molecule has 5 nitrogen and oxygen atoms in total. The Balaban J connectivity index is 1.98. The summed E-state index contributed by atoms with van der Waals surface area (Å²) < 4.78 is 5.23. The van der Waals surface area contributed by atoms with E-state index in [0.717, 1.165) is 49.9 Å². The molecular formula is C22H34N4O. The summed E-state index contributed by atoms with van der Waals surface area (Å²) in [6, 6.07) is 8.89. The monoisotopic (exact) mass is 370 g/mol. The van der Waals surface area contributed by atoms with Crippen molar-refractivity contribution in [3.63, 3.8) is 0 Å². The standard InChI is InChI=1S/C22H34N4O/c1-7-18-9-11-19(12-10-18)22(5,6)15-25-21(23-8-2)24-14-13-20-16(3)26-27-17(20)4/h9-12H,7-8,13-15H2,1-6H3,(H2,23,24,25). The van der Waals surface area contributed by atoms with Crippen LogP contribution in [0.2, 0.25) is 0 Å². The summed E-state index contributed by atoms with van der Waals surface area (Å²) in [6.45, 7) is 15.0. The first kappa shape index (κ1) is 21.0. The Morgan fingerprint density at radius 3 is 2.37 bits per heavy atom. The molecule has 27 heavy (non-hydrogen) atoms. The first-order valence-corrected chi connectivity index (χ1v) is 9.90. The lowest BCUT2D eigenvalue weighted by atomic mass is 9.84. The van der Waals surface area contributed by atoms with Crippen LogP contribution in [0.1, 0.15) is 55.8 Å². The third-order valence-electron chi connectivity index (χ3n) is 4.97. The van der Waals surface area contributed by atoms with E-state index in [2.05, 4.69) is 67.8 Å². The summed E-state index contributed by atoms with van der Waals surface area (Å²) in [5.41, 5.74) is 4.81. The highest BCUT2D eigenvalue weighted by molar-refractivity contribution is 5.79. The van der Waals surface area contributed by atoms with Gasteiger partial charge in [-0.3, -0.25) is 4.99 Å². The molecule has 5 heteroatoms. The summed E-state index contributed by atoms with van der Waals surface area (Å²) in [5.74, 6) is 1.75. The lowest BCUT2D eigenvalue weighted by Crippen LogP contribution is -2.39. The zero-order valence-electron chi connectivity index (χ0n) is 17.6. The number of nitrogens with zero attached hydrogens (tertiary/aromatic N) is 2. The highest BCUT2D eigenvalue weighted by Gasteiger charge is 2.20. The van der Waals surface area contributed by atoms with Crippen molar-refractivity contribution in [3.8, 4) is 0 Å². The number of aliphatic imine (C=N–C) groups is 1. The molecule has 0 amide bonds. The predicted molar refractivity (Wildman–Crippen MR) is 113 cm³/mol. The molecule has 148 valence electrons. The number of hydrogen-bond donors (Lipinski definition) is 2. The molecule has 0 bridgehead atoms. The summed E-state index contributed by atoms with van der Waals surface area (Å²) in [6.07, 6.45) is 1.94. The van der Waals surface area contributed by atoms with Gasteiger partial charge in [0.15, 0.2) is 5.96 Å². The van der Waals surface area contributed by atoms with Crippen LogP contribution in [0.5, 0.6) is 0 Å². The lowest BCUT2D eigenvalue weighted by molar-refractivity contribution is 0.392. The summed E-state index contributed by atoms with van der Waals surface area (Å²) >= 11 is 0. The average Bonchev–Trinajstić information content (AvgIpc) is 2.98. The SMILES string of the molecule is CCNC(=NCC(C)(C)c1ccc(CC)cc1)NCCc1c(C)noc1C. The molecule has 1 heterocycles. The van der Waals surface area contributed by atoms with Crippen LogP contribution in [0.3, 0.4) is 0 Å². The number of aromatic nitrogens is 1. The summed E-state index contributed by atoms with van der Waals surface area (Å²) in [4.78, 5) is 4.82. The number of rotatable bonds is 8. The topological polar surface area (TPSA) is 62.5 Å². The van der Waals surface area contributed by atoms with E-state index in [-0.39, 0.29) is 5.41 Å². The zero-order chi connectivity index (χ0) is 19.9. The minimum Gasteiger partial charge on any atom is -0.361 e. The first-order chi connectivity index (χ1) is 12.9. The van der Waals surface area contributed by atoms with Gasteiger partial charge < -0.3 is 15.2 Å². The van der Waals surface area contributed by atoms with Crippen molar-refractivity contribution in [3.05, 3.63) is 52.4 Å². The molecule has 0 atom stereocenters. The van der Waals surface area contributed by atoms with Crippen LogP contribution < -0.4 is 10.6 Å². The van der Waals surface area contributed by atoms with Crippen LogP contribution in [0.15, 0.2) is 33.8 Å². The Bertz CT molecular complexity index is 725. The minimum absolute atomic E-state index is 0.0176. The molecule has 0 saturated carbocycles. The van der Waals surface area contributed by atoms with Crippen molar-refractivity contribution in [2.24, 2.45) is 4.99 Å². The molecule has 2 aromatic rings. The predicted octanol–water partition coefficient (Wildman–Crippen LogP) is 3.93. The van der Waals surface area contributed by atoms with Gasteiger partial charge in [-0.2, -0.15) is 0 Å². The van der Waals surface area contributed by atoms with Gasteiger partial charge >= 0.3 is 0 Å². The smallest absolute Gasteiger partial charge is 0.191 e. The van der Waals surface area contributed by atoms with E-state index in [1.807, 2.05) is 13.8 Å². The maximum absolute atomic E-state index is 5.23. The Hall–Kier alpha value is -2.30. The van der Waals surface area contributed by atoms with Crippen molar-refractivity contribution in [1.29, 1.82) is 0 Å². The molecular weight excluding hydrogens is 336 g/mol. The number of aryl methyl sites for hydroxylation is 3. The normalized spacial score (nSPS) is 12.3. The van der Waals surface area contributed by atoms with E-state index in [9.17, 15) is 0 Å². The second-order valence-electron chi connectivity index (χ2n) is 7.61. The van der Waals surface area contributed by atoms with Crippen LogP contribution in [0.4, 0.5) is 0 Å². The molecule has 0 fully saturated rings. The first-order valence-electron chi connectivity index (χ1n) is 9.90. The van der Waals surface area contributed by atoms with Gasteiger partial charge in [-0.15, -0.1) is 0 Å². The molecule has 0 saturated heterocycles. The lowest BCUT2D eigenvalue weighted by Gasteiger charge is -2.24. The average molecular weight is 371 g/mol. The van der Waals surface area contributed by atoms with Crippen LogP contribution in [0, 0.1) is 13.8 Å². The molecule has 0 radical (unpaired) electrons. The summed E-state index contributed by atoms with van der Waals surface area (Å²) in [7, 11) is 0. The zero-order valence-corrected chi connectivity index (χ0v) is 17.6. The van der Waals surface area contributed by atoms with Crippen molar-refractivity contribution in [1.82, 2.24) is 15.8 Å². The van der Waals surface area contributed by atoms with E-state index >= 15 is 0 Å². The van der Waals surface area contributed by atoms with Gasteiger partial charge in [0.1, 0.15) is 5.76 Å². The van der Waals surface area contributed by atoms with Crippen LogP contribution in [-0.4, -0.2) is 30.8 Å². The minimum atomic E-state index is -0.0176. The number of nitrogens with one attached hydrogen (secondary N) is 2. The fraction of sp³-hybridized carbons (Fsp3) is 0.545. The molecule has 2 N–H and O–H groups in total. The van der Waals surface area contributed by atoms with Crippen LogP contribution >= 0.6 is 0 Å². The van der Waals surface area contributed by atoms with Gasteiger partial charge in [0.25, 0.3) is 0 Å². The fourth-order valence-corrected chi connectivity index (χ4v) is 3.07. The van der Waals surface area contributed by atoms with E-state index in [0.29, 0.717) is 0 Å². The van der Waals surface area contributed by atoms with Crippen LogP contribution in [0.25, 0.3) is 0 Å². The van der Waals surface area contributed by atoms with Gasteiger partial charge in [-0.25, -0.2) is 0 Å². The quantitative estimate of drug-likeness (QED) is 0.546. The maximum Gasteiger partial charge on any atom is 0.191 e. The molecule has 2 rings (SSSR count). The van der Waals surface area contributed by atoms with Crippen molar-refractivity contribution >= 4 is 5.96 Å². The van der Waals surface area contributed by atoms with Gasteiger partial charge in [-0.1, -0.05) is 50.2 Å². The Morgan fingerprint density at radius 1 is 1.11 bits per heavy atom. The maximum atomic E-state index is 5.23. The van der Waals surface area contributed by atoms with Crippen molar-refractivity contribution in [2.45, 2.75) is 59.8 Å². The van der Waals surface area contributed by atoms with Gasteiger partial charge in [0, 0.05) is 24.1 Å². The van der Waals surface area contributed by atoms with E-state index in [4.69, 9.17) is 9.52 Å². The molecule has 0 aliphatic carbocycles. The van der Waals surface area contributed by atoms with E-state index < -0.39 is 0 Å². The third kappa shape index (κ3) is 5.84. The van der Waals surface area contributed by atoms with Gasteiger partial charge in [0.2, 0.25) is 0 Å². The molecule has 1 aromatic carbocycles. The van der Waals surface area contributed by atoms with E-state index in [1.165, 1.54) is 16.7 Å². The van der Waals surface area contributed by atoms with Crippen molar-refractivity contribution in [2.75, 3.05) is 19.6 Å². The second-order valence-corrected chi connectivity index (χ2v) is 7.61. The fourth-order valence-electron chi connectivity index (χ4n) is 3.07. The highest BCUT2D eigenvalue weighted by atomic mass is 16.5. The molecule has 0 spiro atoms. The number of benzene rings is 1. The van der Waals surface area contributed by atoms with Gasteiger partial charge in [0.05, 0.1) is 12.2 Å². The second kappa shape index (κ2) is 9.58. The third-order valence-corrected chi connectivity index (χ3v) is 4.97. The Labute approximate surface area is 163 Å². The molecule has 1 aromatic heterocycles. The number of hydrogen-bond acceptors (Lipinski definition) is 3. The molecule has 0 unspecified atom stereocenters. The van der Waals surface area contributed by atoms with E-state index in [1.54, 1.807) is 0 Å².